The van der Waals surface area contributed by atoms with Crippen LogP contribution in [0, 0.1) is 0 Å². The van der Waals surface area contributed by atoms with Crippen LogP contribution in [-0.2, 0) is 11.3 Å². The molecule has 27 heavy (non-hydrogen) atoms. The molecule has 0 saturated heterocycles. The fraction of sp³-hybridized carbons (Fsp3) is 0.217. The number of carbonyl (C=O) groups excluding carboxylic acids is 1. The molecular formula is C23H22N2O2. The van der Waals surface area contributed by atoms with Gasteiger partial charge in [0.2, 0.25) is 11.8 Å². The van der Waals surface area contributed by atoms with Crippen LogP contribution in [0.25, 0.3) is 23.6 Å². The molecule has 0 saturated carbocycles. The molecule has 4 nitrogen and oxygen atoms in total. The number of nitrogens with zero attached hydrogens (tertiary/aromatic N) is 2. The molecule has 0 spiro atoms. The van der Waals surface area contributed by atoms with E-state index in [2.05, 4.69) is 43.1 Å². The monoisotopic (exact) mass is 358 g/mol. The number of oxazole rings is 1. The smallest absolute Gasteiger partial charge is 0.226 e. The number of carbonyl (C=O) groups is 1. The lowest BCUT2D eigenvalue weighted by Crippen LogP contribution is -2.29. The molecule has 2 aromatic carbocycles. The van der Waals surface area contributed by atoms with E-state index in [0.29, 0.717) is 18.4 Å². The zero-order valence-corrected chi connectivity index (χ0v) is 15.8. The standard InChI is InChI=1S/C23H22N2O2/c1-15(2)22-13-24-23(27-22)19-10-11-20-14-25(16(3)26)21-7-5-4-6-17(21)8-9-18(20)12-19/h4-13,15H,14H2,1-3H3. The van der Waals surface area contributed by atoms with Crippen molar-refractivity contribution in [3.05, 3.63) is 71.1 Å². The number of hydrogen-bond acceptors (Lipinski definition) is 3. The summed E-state index contributed by atoms with van der Waals surface area (Å²) in [5, 5.41) is 0. The molecule has 136 valence electrons. The largest absolute Gasteiger partial charge is 0.441 e. The molecule has 0 unspecified atom stereocenters. The summed E-state index contributed by atoms with van der Waals surface area (Å²) >= 11 is 0. The highest BCUT2D eigenvalue weighted by Crippen LogP contribution is 2.31. The molecule has 0 bridgehead atoms. The lowest BCUT2D eigenvalue weighted by atomic mass is 9.99. The summed E-state index contributed by atoms with van der Waals surface area (Å²) in [5.74, 6) is 1.84. The number of anilines is 1. The van der Waals surface area contributed by atoms with Gasteiger partial charge in [-0.3, -0.25) is 4.79 Å². The van der Waals surface area contributed by atoms with Crippen molar-refractivity contribution in [3.8, 4) is 11.5 Å². The van der Waals surface area contributed by atoms with E-state index in [9.17, 15) is 4.79 Å². The fourth-order valence-electron chi connectivity index (χ4n) is 3.30. The highest BCUT2D eigenvalue weighted by atomic mass is 16.4. The Balaban J connectivity index is 1.78. The molecule has 0 fully saturated rings. The molecule has 1 aromatic heterocycles. The van der Waals surface area contributed by atoms with E-state index in [1.165, 1.54) is 0 Å². The Kier molecular flexibility index (Phi) is 4.40. The molecule has 4 rings (SSSR count). The molecular weight excluding hydrogens is 336 g/mol. The predicted octanol–water partition coefficient (Wildman–Crippen LogP) is 5.50. The summed E-state index contributed by atoms with van der Waals surface area (Å²) < 4.78 is 5.89. The Labute approximate surface area is 159 Å². The Morgan fingerprint density at radius 3 is 2.63 bits per heavy atom. The molecule has 2 heterocycles. The maximum Gasteiger partial charge on any atom is 0.226 e. The van der Waals surface area contributed by atoms with Crippen LogP contribution >= 0.6 is 0 Å². The van der Waals surface area contributed by atoms with Gasteiger partial charge < -0.3 is 9.32 Å². The first kappa shape index (κ1) is 17.3. The molecule has 1 aliphatic heterocycles. The van der Waals surface area contributed by atoms with Crippen LogP contribution in [0.4, 0.5) is 5.69 Å². The summed E-state index contributed by atoms with van der Waals surface area (Å²) in [6, 6.07) is 14.1. The summed E-state index contributed by atoms with van der Waals surface area (Å²) in [6.07, 6.45) is 5.95. The third-order valence-electron chi connectivity index (χ3n) is 4.86. The van der Waals surface area contributed by atoms with Crippen LogP contribution < -0.4 is 4.90 Å². The molecule has 0 radical (unpaired) electrons. The Hall–Kier alpha value is -3.14. The minimum Gasteiger partial charge on any atom is -0.441 e. The highest BCUT2D eigenvalue weighted by Gasteiger charge is 2.19. The van der Waals surface area contributed by atoms with Gasteiger partial charge in [-0.2, -0.15) is 0 Å². The normalized spacial score (nSPS) is 13.1. The molecule has 1 aliphatic rings. The average Bonchev–Trinajstić information content (AvgIpc) is 3.13. The molecule has 0 N–H and O–H groups in total. The molecule has 1 amide bonds. The summed E-state index contributed by atoms with van der Waals surface area (Å²) in [5.41, 5.74) is 5.06. The second-order valence-electron chi connectivity index (χ2n) is 7.13. The third-order valence-corrected chi connectivity index (χ3v) is 4.86. The van der Waals surface area contributed by atoms with Crippen molar-refractivity contribution in [2.75, 3.05) is 4.90 Å². The first-order chi connectivity index (χ1) is 13.0. The van der Waals surface area contributed by atoms with Crippen LogP contribution in [0.5, 0.6) is 0 Å². The Bertz CT molecular complexity index is 1030. The number of aromatic nitrogens is 1. The van der Waals surface area contributed by atoms with Gasteiger partial charge in [-0.05, 0) is 34.9 Å². The van der Waals surface area contributed by atoms with Gasteiger partial charge in [-0.15, -0.1) is 0 Å². The van der Waals surface area contributed by atoms with Crippen LogP contribution in [0.1, 0.15) is 49.1 Å². The van der Waals surface area contributed by atoms with Crippen molar-refractivity contribution < 1.29 is 9.21 Å². The maximum absolute atomic E-state index is 12.3. The van der Waals surface area contributed by atoms with Gasteiger partial charge in [0.1, 0.15) is 5.76 Å². The predicted molar refractivity (Wildman–Crippen MR) is 108 cm³/mol. The molecule has 4 heteroatoms. The van der Waals surface area contributed by atoms with Crippen molar-refractivity contribution in [1.82, 2.24) is 4.98 Å². The zero-order chi connectivity index (χ0) is 19.0. The first-order valence-electron chi connectivity index (χ1n) is 9.17. The van der Waals surface area contributed by atoms with E-state index >= 15 is 0 Å². The number of hydrogen-bond donors (Lipinski definition) is 0. The summed E-state index contributed by atoms with van der Waals surface area (Å²) in [6.45, 7) is 6.31. The Morgan fingerprint density at radius 2 is 1.89 bits per heavy atom. The van der Waals surface area contributed by atoms with E-state index < -0.39 is 0 Å². The SMILES string of the molecule is CC(=O)N1Cc2ccc(-c3ncc(C(C)C)o3)cc2C=Cc2ccccc21. The quantitative estimate of drug-likeness (QED) is 0.607. The third kappa shape index (κ3) is 3.31. The van der Waals surface area contributed by atoms with E-state index in [4.69, 9.17) is 4.42 Å². The van der Waals surface area contributed by atoms with Crippen molar-refractivity contribution in [1.29, 1.82) is 0 Å². The molecule has 3 aromatic rings. The molecule has 0 atom stereocenters. The van der Waals surface area contributed by atoms with Gasteiger partial charge in [0.05, 0.1) is 18.4 Å². The topological polar surface area (TPSA) is 46.3 Å². The highest BCUT2D eigenvalue weighted by molar-refractivity contribution is 5.95. The second kappa shape index (κ2) is 6.88. The van der Waals surface area contributed by atoms with Gasteiger partial charge >= 0.3 is 0 Å². The van der Waals surface area contributed by atoms with Crippen molar-refractivity contribution in [2.45, 2.75) is 33.2 Å². The number of benzene rings is 2. The number of para-hydroxylation sites is 1. The minimum absolute atomic E-state index is 0.0297. The van der Waals surface area contributed by atoms with Crippen LogP contribution in [0.3, 0.4) is 0 Å². The summed E-state index contributed by atoms with van der Waals surface area (Å²) in [4.78, 5) is 18.5. The van der Waals surface area contributed by atoms with Crippen molar-refractivity contribution in [3.63, 3.8) is 0 Å². The van der Waals surface area contributed by atoms with Gasteiger partial charge in [-0.25, -0.2) is 4.98 Å². The number of fused-ring (bicyclic) bond motifs is 2. The van der Waals surface area contributed by atoms with E-state index in [1.54, 1.807) is 13.1 Å². The van der Waals surface area contributed by atoms with Crippen LogP contribution in [0.2, 0.25) is 0 Å². The van der Waals surface area contributed by atoms with Gasteiger partial charge in [0.25, 0.3) is 0 Å². The van der Waals surface area contributed by atoms with E-state index in [-0.39, 0.29) is 5.91 Å². The number of amides is 1. The second-order valence-corrected chi connectivity index (χ2v) is 7.13. The van der Waals surface area contributed by atoms with Crippen LogP contribution in [0.15, 0.2) is 53.1 Å². The molecule has 0 aliphatic carbocycles. The zero-order valence-electron chi connectivity index (χ0n) is 15.8. The number of rotatable bonds is 2. The minimum atomic E-state index is 0.0297. The van der Waals surface area contributed by atoms with Crippen molar-refractivity contribution in [2.24, 2.45) is 0 Å². The van der Waals surface area contributed by atoms with Crippen molar-refractivity contribution >= 4 is 23.7 Å². The lowest BCUT2D eigenvalue weighted by molar-refractivity contribution is -0.116. The fourth-order valence-corrected chi connectivity index (χ4v) is 3.30. The van der Waals surface area contributed by atoms with E-state index in [0.717, 1.165) is 33.7 Å². The van der Waals surface area contributed by atoms with Gasteiger partial charge in [0.15, 0.2) is 0 Å². The van der Waals surface area contributed by atoms with Gasteiger partial charge in [0, 0.05) is 18.4 Å². The summed E-state index contributed by atoms with van der Waals surface area (Å²) in [7, 11) is 0. The van der Waals surface area contributed by atoms with Crippen LogP contribution in [-0.4, -0.2) is 10.9 Å². The maximum atomic E-state index is 12.3. The van der Waals surface area contributed by atoms with Gasteiger partial charge in [-0.1, -0.05) is 50.3 Å². The lowest BCUT2D eigenvalue weighted by Gasteiger charge is -2.26. The van der Waals surface area contributed by atoms with E-state index in [1.807, 2.05) is 35.2 Å². The average molecular weight is 358 g/mol. The Morgan fingerprint density at radius 1 is 1.11 bits per heavy atom. The first-order valence-corrected chi connectivity index (χ1v) is 9.17.